The van der Waals surface area contributed by atoms with E-state index >= 15 is 0 Å². The number of aromatic nitrogens is 2. The van der Waals surface area contributed by atoms with E-state index in [1.807, 2.05) is 56.3 Å². The minimum Gasteiger partial charge on any atom is -0.497 e. The van der Waals surface area contributed by atoms with E-state index in [2.05, 4.69) is 20.6 Å². The number of hydrogen-bond donors (Lipinski definition) is 2. The third kappa shape index (κ3) is 4.82. The van der Waals surface area contributed by atoms with Gasteiger partial charge in [-0.25, -0.2) is 4.98 Å². The van der Waals surface area contributed by atoms with E-state index in [1.165, 1.54) is 0 Å². The van der Waals surface area contributed by atoms with Gasteiger partial charge in [0.05, 0.1) is 31.7 Å². The van der Waals surface area contributed by atoms with Gasteiger partial charge < -0.3 is 24.8 Å². The van der Waals surface area contributed by atoms with Crippen molar-refractivity contribution >= 4 is 23.1 Å². The Morgan fingerprint density at radius 1 is 0.857 bits per heavy atom. The Balaban J connectivity index is 1.80. The van der Waals surface area contributed by atoms with Crippen molar-refractivity contribution in [3.63, 3.8) is 0 Å². The fourth-order valence-electron chi connectivity index (χ4n) is 2.58. The largest absolute Gasteiger partial charge is 0.497 e. The van der Waals surface area contributed by atoms with Crippen LogP contribution in [0, 0.1) is 0 Å². The smallest absolute Gasteiger partial charge is 0.229 e. The van der Waals surface area contributed by atoms with E-state index in [9.17, 15) is 0 Å². The van der Waals surface area contributed by atoms with E-state index < -0.39 is 0 Å². The van der Waals surface area contributed by atoms with E-state index in [4.69, 9.17) is 14.2 Å². The average molecular weight is 380 g/mol. The summed E-state index contributed by atoms with van der Waals surface area (Å²) in [5, 5.41) is 6.46. The summed E-state index contributed by atoms with van der Waals surface area (Å²) in [6.07, 6.45) is 1.75. The van der Waals surface area contributed by atoms with Gasteiger partial charge in [-0.15, -0.1) is 0 Å². The molecule has 0 bridgehead atoms. The number of para-hydroxylation sites is 2. The molecule has 0 saturated heterocycles. The molecule has 3 aromatic rings. The Labute approximate surface area is 164 Å². The number of hydrogen-bond acceptors (Lipinski definition) is 7. The summed E-state index contributed by atoms with van der Waals surface area (Å²) in [6, 6.07) is 15.0. The summed E-state index contributed by atoms with van der Waals surface area (Å²) in [6.45, 7) is 3.97. The lowest BCUT2D eigenvalue weighted by atomic mass is 10.2. The lowest BCUT2D eigenvalue weighted by molar-refractivity contribution is 0.244. The predicted molar refractivity (Wildman–Crippen MR) is 110 cm³/mol. The van der Waals surface area contributed by atoms with Crippen LogP contribution >= 0.6 is 0 Å². The van der Waals surface area contributed by atoms with Crippen molar-refractivity contribution in [1.82, 2.24) is 9.97 Å². The normalized spacial score (nSPS) is 10.5. The van der Waals surface area contributed by atoms with Gasteiger partial charge in [0, 0.05) is 12.3 Å². The van der Waals surface area contributed by atoms with Crippen LogP contribution in [0.25, 0.3) is 0 Å². The molecule has 0 atom stereocenters. The minimum absolute atomic E-state index is 0.0689. The molecule has 0 aliphatic heterocycles. The number of nitrogens with one attached hydrogen (secondary N) is 2. The molecule has 7 heteroatoms. The van der Waals surface area contributed by atoms with E-state index in [0.29, 0.717) is 23.3 Å². The lowest BCUT2D eigenvalue weighted by Gasteiger charge is -2.15. The van der Waals surface area contributed by atoms with Crippen LogP contribution in [0.3, 0.4) is 0 Å². The van der Waals surface area contributed by atoms with Gasteiger partial charge in [0.15, 0.2) is 0 Å². The first-order valence-electron chi connectivity index (χ1n) is 8.94. The second kappa shape index (κ2) is 8.94. The predicted octanol–water partition coefficient (Wildman–Crippen LogP) is 4.77. The zero-order chi connectivity index (χ0) is 19.9. The third-order valence-electron chi connectivity index (χ3n) is 3.82. The Bertz CT molecular complexity index is 931. The number of nitrogens with zero attached hydrogens (tertiary/aromatic N) is 2. The summed E-state index contributed by atoms with van der Waals surface area (Å²) in [4.78, 5) is 8.82. The lowest BCUT2D eigenvalue weighted by Crippen LogP contribution is -2.08. The van der Waals surface area contributed by atoms with Crippen molar-refractivity contribution in [2.24, 2.45) is 0 Å². The quantitative estimate of drug-likeness (QED) is 0.583. The molecule has 1 aromatic heterocycles. The van der Waals surface area contributed by atoms with Gasteiger partial charge in [-0.2, -0.15) is 4.98 Å². The highest BCUT2D eigenvalue weighted by molar-refractivity contribution is 5.67. The van der Waals surface area contributed by atoms with Crippen LogP contribution < -0.4 is 24.8 Å². The van der Waals surface area contributed by atoms with Gasteiger partial charge in [0.25, 0.3) is 0 Å². The molecule has 146 valence electrons. The fourth-order valence-corrected chi connectivity index (χ4v) is 2.58. The zero-order valence-corrected chi connectivity index (χ0v) is 16.4. The van der Waals surface area contributed by atoms with Crippen molar-refractivity contribution in [1.29, 1.82) is 0 Å². The van der Waals surface area contributed by atoms with Crippen LogP contribution in [0.15, 0.2) is 54.7 Å². The Morgan fingerprint density at radius 2 is 1.64 bits per heavy atom. The molecule has 28 heavy (non-hydrogen) atoms. The van der Waals surface area contributed by atoms with Crippen molar-refractivity contribution < 1.29 is 14.2 Å². The summed E-state index contributed by atoms with van der Waals surface area (Å²) < 4.78 is 16.5. The van der Waals surface area contributed by atoms with E-state index in [0.717, 1.165) is 17.1 Å². The average Bonchev–Trinajstić information content (AvgIpc) is 2.70. The maximum atomic E-state index is 5.83. The molecule has 2 N–H and O–H groups in total. The van der Waals surface area contributed by atoms with Crippen LogP contribution in [0.1, 0.15) is 13.8 Å². The zero-order valence-electron chi connectivity index (χ0n) is 16.4. The molecule has 0 unspecified atom stereocenters. The summed E-state index contributed by atoms with van der Waals surface area (Å²) in [7, 11) is 3.23. The second-order valence-corrected chi connectivity index (χ2v) is 6.24. The van der Waals surface area contributed by atoms with Crippen molar-refractivity contribution in [2.45, 2.75) is 20.0 Å². The van der Waals surface area contributed by atoms with Crippen LogP contribution in [0.2, 0.25) is 0 Å². The molecule has 0 amide bonds. The summed E-state index contributed by atoms with van der Waals surface area (Å²) in [5.74, 6) is 3.20. The maximum Gasteiger partial charge on any atom is 0.229 e. The highest BCUT2D eigenvalue weighted by Crippen LogP contribution is 2.31. The van der Waals surface area contributed by atoms with Crippen LogP contribution in [0.4, 0.5) is 23.1 Å². The molecule has 0 fully saturated rings. The van der Waals surface area contributed by atoms with Crippen LogP contribution in [-0.2, 0) is 0 Å². The minimum atomic E-state index is 0.0689. The molecule has 7 nitrogen and oxygen atoms in total. The standard InChI is InChI=1S/C21H24N4O3/c1-14(2)28-18-8-6-5-7-16(18)24-21-22-12-11-20(25-21)23-17-10-9-15(26-3)13-19(17)27-4/h5-14H,1-4H3,(H2,22,23,24,25). The van der Waals surface area contributed by atoms with E-state index in [-0.39, 0.29) is 6.10 Å². The van der Waals surface area contributed by atoms with Crippen LogP contribution in [-0.4, -0.2) is 30.3 Å². The molecule has 0 aliphatic rings. The molecule has 0 saturated carbocycles. The van der Waals surface area contributed by atoms with Gasteiger partial charge >= 0.3 is 0 Å². The summed E-state index contributed by atoms with van der Waals surface area (Å²) >= 11 is 0. The van der Waals surface area contributed by atoms with Crippen molar-refractivity contribution in [3.8, 4) is 17.2 Å². The molecule has 0 aliphatic carbocycles. The van der Waals surface area contributed by atoms with Gasteiger partial charge in [0.1, 0.15) is 23.1 Å². The number of anilines is 4. The van der Waals surface area contributed by atoms with Crippen molar-refractivity contribution in [2.75, 3.05) is 24.9 Å². The monoisotopic (exact) mass is 380 g/mol. The number of rotatable bonds is 8. The molecular weight excluding hydrogens is 356 g/mol. The molecular formula is C21H24N4O3. The maximum absolute atomic E-state index is 5.83. The second-order valence-electron chi connectivity index (χ2n) is 6.24. The first kappa shape index (κ1) is 19.3. The van der Waals surface area contributed by atoms with Gasteiger partial charge in [0.2, 0.25) is 5.95 Å². The molecule has 2 aromatic carbocycles. The SMILES string of the molecule is COc1ccc(Nc2ccnc(Nc3ccccc3OC(C)C)n2)c(OC)c1. The molecule has 0 radical (unpaired) electrons. The van der Waals surface area contributed by atoms with Crippen LogP contribution in [0.5, 0.6) is 17.2 Å². The fraction of sp³-hybridized carbons (Fsp3) is 0.238. The highest BCUT2D eigenvalue weighted by atomic mass is 16.5. The van der Waals surface area contributed by atoms with Gasteiger partial charge in [-0.3, -0.25) is 0 Å². The Morgan fingerprint density at radius 3 is 2.39 bits per heavy atom. The Hall–Kier alpha value is -3.48. The highest BCUT2D eigenvalue weighted by Gasteiger charge is 2.09. The first-order valence-corrected chi connectivity index (χ1v) is 8.94. The number of ether oxygens (including phenoxy) is 3. The number of methoxy groups -OCH3 is 2. The molecule has 3 rings (SSSR count). The van der Waals surface area contributed by atoms with Gasteiger partial charge in [-0.1, -0.05) is 12.1 Å². The molecule has 1 heterocycles. The van der Waals surface area contributed by atoms with E-state index in [1.54, 1.807) is 26.5 Å². The Kier molecular flexibility index (Phi) is 6.16. The topological polar surface area (TPSA) is 77.5 Å². The summed E-state index contributed by atoms with van der Waals surface area (Å²) in [5.41, 5.74) is 1.58. The number of benzene rings is 2. The van der Waals surface area contributed by atoms with Gasteiger partial charge in [-0.05, 0) is 44.2 Å². The molecule has 0 spiro atoms. The third-order valence-corrected chi connectivity index (χ3v) is 3.82. The first-order chi connectivity index (χ1) is 13.6. The van der Waals surface area contributed by atoms with Crippen molar-refractivity contribution in [3.05, 3.63) is 54.7 Å².